The van der Waals surface area contributed by atoms with Crippen molar-refractivity contribution in [3.05, 3.63) is 12.7 Å². The molecule has 0 unspecified atom stereocenters. The molecule has 130 valence electrons. The van der Waals surface area contributed by atoms with E-state index in [9.17, 15) is 43.9 Å². The Morgan fingerprint density at radius 3 is 1.82 bits per heavy atom. The van der Waals surface area contributed by atoms with Crippen LogP contribution in [0.25, 0.3) is 0 Å². The van der Waals surface area contributed by atoms with E-state index in [0.29, 0.717) is 19.9 Å². The minimum absolute atomic E-state index is 0.485. The molecule has 0 saturated carbocycles. The van der Waals surface area contributed by atoms with Crippen LogP contribution in [0.3, 0.4) is 0 Å². The van der Waals surface area contributed by atoms with Crippen LogP contribution in [0, 0.1) is 0 Å². The monoisotopic (exact) mass is 361 g/mol. The number of rotatable bonds is 6. The van der Waals surface area contributed by atoms with Crippen molar-refractivity contribution in [3.63, 3.8) is 0 Å². The summed E-state index contributed by atoms with van der Waals surface area (Å²) in [6.07, 6.45) is -6.34. The van der Waals surface area contributed by atoms with Gasteiger partial charge in [0.2, 0.25) is 0 Å². The fourth-order valence-corrected chi connectivity index (χ4v) is 2.31. The van der Waals surface area contributed by atoms with Crippen molar-refractivity contribution >= 4 is 16.0 Å². The predicted molar refractivity (Wildman–Crippen MR) is 58.4 cm³/mol. The van der Waals surface area contributed by atoms with Crippen molar-refractivity contribution in [1.82, 2.24) is 4.72 Å². The number of hydrogen-bond acceptors (Lipinski definition) is 4. The molecule has 0 aromatic rings. The zero-order chi connectivity index (χ0) is 18.2. The number of carbonyl (C=O) groups is 1. The average Bonchev–Trinajstić information content (AvgIpc) is 2.24. The molecular formula is C9H10F7NO4S. The maximum absolute atomic E-state index is 13.1. The maximum atomic E-state index is 13.1. The Bertz CT molecular complexity index is 553. The normalized spacial score (nSPS) is 14.6. The number of nitrogens with one attached hydrogen (secondary N) is 1. The first-order chi connectivity index (χ1) is 9.41. The van der Waals surface area contributed by atoms with Crippen LogP contribution in [-0.4, -0.2) is 37.5 Å². The average molecular weight is 361 g/mol. The Balaban J connectivity index is 5.66. The molecular weight excluding hydrogens is 351 g/mol. The molecule has 13 heteroatoms. The molecule has 0 aliphatic carbocycles. The second kappa shape index (κ2) is 5.68. The fraction of sp³-hybridized carbons (Fsp3) is 0.667. The Morgan fingerprint density at radius 1 is 1.09 bits per heavy atom. The van der Waals surface area contributed by atoms with Crippen molar-refractivity contribution < 1.29 is 48.7 Å². The van der Waals surface area contributed by atoms with Gasteiger partial charge in [-0.15, -0.1) is 0 Å². The Hall–Kier alpha value is -1.37. The van der Waals surface area contributed by atoms with Crippen molar-refractivity contribution in [2.75, 3.05) is 0 Å². The Labute approximate surface area is 120 Å². The number of hydrogen-bond donors (Lipinski definition) is 1. The van der Waals surface area contributed by atoms with E-state index in [1.165, 1.54) is 0 Å². The number of esters is 1. The van der Waals surface area contributed by atoms with Gasteiger partial charge in [0.05, 0.1) is 0 Å². The molecule has 1 N–H and O–H groups in total. The van der Waals surface area contributed by atoms with Gasteiger partial charge in [-0.1, -0.05) is 6.58 Å². The second-order valence-corrected chi connectivity index (χ2v) is 6.05. The van der Waals surface area contributed by atoms with E-state index in [1.807, 2.05) is 0 Å². The quantitative estimate of drug-likeness (QED) is 0.341. The van der Waals surface area contributed by atoms with Crippen LogP contribution in [0.5, 0.6) is 0 Å². The summed E-state index contributed by atoms with van der Waals surface area (Å²) < 4.78 is 115. The molecule has 0 saturated heterocycles. The molecule has 0 atom stereocenters. The molecule has 0 aromatic carbocycles. The highest BCUT2D eigenvalue weighted by Gasteiger charge is 2.79. The molecule has 0 spiro atoms. The Kier molecular flexibility index (Phi) is 5.33. The second-order valence-electron chi connectivity index (χ2n) is 4.33. The molecule has 0 amide bonds. The summed E-state index contributed by atoms with van der Waals surface area (Å²) in [5.41, 5.74) is -2.53. The minimum atomic E-state index is -6.87. The van der Waals surface area contributed by atoms with Crippen LogP contribution in [-0.2, 0) is 19.6 Å². The van der Waals surface area contributed by atoms with Gasteiger partial charge in [-0.05, 0) is 13.8 Å². The summed E-state index contributed by atoms with van der Waals surface area (Å²) in [5, 5.41) is -6.55. The third-order valence-corrected chi connectivity index (χ3v) is 3.65. The first-order valence-corrected chi connectivity index (χ1v) is 6.61. The molecule has 0 radical (unpaired) electrons. The third-order valence-electron chi connectivity index (χ3n) is 1.96. The number of halogens is 7. The van der Waals surface area contributed by atoms with Crippen LogP contribution < -0.4 is 4.72 Å². The number of carbonyl (C=O) groups excluding carboxylic acids is 1. The van der Waals surface area contributed by atoms with E-state index >= 15 is 0 Å². The summed E-state index contributed by atoms with van der Waals surface area (Å²) >= 11 is 0. The lowest BCUT2D eigenvalue weighted by molar-refractivity contribution is -0.332. The van der Waals surface area contributed by atoms with Crippen LogP contribution in [0.4, 0.5) is 30.7 Å². The lowest BCUT2D eigenvalue weighted by atomic mass is 10.3. The molecule has 0 fully saturated rings. The van der Waals surface area contributed by atoms with Crippen molar-refractivity contribution in [2.24, 2.45) is 0 Å². The summed E-state index contributed by atoms with van der Waals surface area (Å²) in [6.45, 7) is 4.16. The molecule has 0 rings (SSSR count). The van der Waals surface area contributed by atoms with E-state index < -0.39 is 39.1 Å². The first-order valence-electron chi connectivity index (χ1n) is 5.12. The van der Waals surface area contributed by atoms with Gasteiger partial charge in [0.1, 0.15) is 0 Å². The molecule has 0 aromatic heterocycles. The van der Waals surface area contributed by atoms with Crippen molar-refractivity contribution in [2.45, 2.75) is 36.9 Å². The third kappa shape index (κ3) is 3.88. The summed E-state index contributed by atoms with van der Waals surface area (Å²) in [7, 11) is -6.58. The molecule has 5 nitrogen and oxygen atoms in total. The van der Waals surface area contributed by atoms with Gasteiger partial charge < -0.3 is 4.74 Å². The van der Waals surface area contributed by atoms with Crippen LogP contribution in [0.15, 0.2) is 12.7 Å². The largest absolute Gasteiger partial charge is 0.461 e. The Morgan fingerprint density at radius 2 is 1.50 bits per heavy atom. The highest BCUT2D eigenvalue weighted by molar-refractivity contribution is 7.90. The minimum Gasteiger partial charge on any atom is -0.440 e. The summed E-state index contributed by atoms with van der Waals surface area (Å²) in [4.78, 5) is 10.8. The lowest BCUT2D eigenvalue weighted by Gasteiger charge is -2.31. The fourth-order valence-electron chi connectivity index (χ4n) is 1.04. The van der Waals surface area contributed by atoms with Gasteiger partial charge in [0, 0.05) is 6.08 Å². The summed E-state index contributed by atoms with van der Waals surface area (Å²) in [6, 6.07) is 0. The molecule has 0 aliphatic heterocycles. The van der Waals surface area contributed by atoms with Crippen molar-refractivity contribution in [1.29, 1.82) is 0 Å². The van der Waals surface area contributed by atoms with E-state index in [1.54, 1.807) is 0 Å². The van der Waals surface area contributed by atoms with Gasteiger partial charge in [-0.2, -0.15) is 35.5 Å². The highest BCUT2D eigenvalue weighted by atomic mass is 32.2. The van der Waals surface area contributed by atoms with Gasteiger partial charge in [-0.3, -0.25) is 0 Å². The maximum Gasteiger partial charge on any atom is 0.461 e. The molecule has 0 bridgehead atoms. The van der Waals surface area contributed by atoms with E-state index in [2.05, 4.69) is 11.3 Å². The standard InChI is InChI=1S/C9H10F7NO4S/c1-4-5(18)21-6(2,3)17-22(19,20)9(15,16)7(10,11)8(12,13)14/h4,17H,1H2,2-3H3. The smallest absolute Gasteiger partial charge is 0.440 e. The van der Waals surface area contributed by atoms with E-state index in [4.69, 9.17) is 0 Å². The molecule has 22 heavy (non-hydrogen) atoms. The van der Waals surface area contributed by atoms with Gasteiger partial charge >= 0.3 is 23.3 Å². The molecule has 0 aliphatic rings. The van der Waals surface area contributed by atoms with Crippen LogP contribution in [0.2, 0.25) is 0 Å². The first kappa shape index (κ1) is 20.6. The van der Waals surface area contributed by atoms with Crippen LogP contribution in [0.1, 0.15) is 13.8 Å². The van der Waals surface area contributed by atoms with Gasteiger partial charge in [0.25, 0.3) is 10.0 Å². The predicted octanol–water partition coefficient (Wildman–Crippen LogP) is 2.16. The number of ether oxygens (including phenoxy) is 1. The van der Waals surface area contributed by atoms with Gasteiger partial charge in [-0.25, -0.2) is 13.2 Å². The zero-order valence-electron chi connectivity index (χ0n) is 11.0. The van der Waals surface area contributed by atoms with Crippen LogP contribution >= 0.6 is 0 Å². The zero-order valence-corrected chi connectivity index (χ0v) is 11.8. The summed E-state index contributed by atoms with van der Waals surface area (Å²) in [5.74, 6) is -8.21. The van der Waals surface area contributed by atoms with Crippen molar-refractivity contribution in [3.8, 4) is 0 Å². The number of alkyl halides is 7. The lowest BCUT2D eigenvalue weighted by Crippen LogP contribution is -2.62. The number of sulfonamides is 1. The van der Waals surface area contributed by atoms with Gasteiger partial charge in [0.15, 0.2) is 5.72 Å². The topological polar surface area (TPSA) is 72.5 Å². The SMILES string of the molecule is C=CC(=O)OC(C)(C)NS(=O)(=O)C(F)(F)C(F)(F)C(F)(F)F. The highest BCUT2D eigenvalue weighted by Crippen LogP contribution is 2.48. The van der Waals surface area contributed by atoms with E-state index in [0.717, 1.165) is 4.72 Å². The van der Waals surface area contributed by atoms with E-state index in [-0.39, 0.29) is 0 Å². The molecule has 0 heterocycles.